The maximum atomic E-state index is 10.1. The maximum Gasteiger partial charge on any atom is 0.0897 e. The van der Waals surface area contributed by atoms with Gasteiger partial charge in [-0.05, 0) is 31.9 Å². The zero-order chi connectivity index (χ0) is 14.2. The van der Waals surface area contributed by atoms with E-state index < -0.39 is 0 Å². The Morgan fingerprint density at radius 2 is 1.80 bits per heavy atom. The van der Waals surface area contributed by atoms with E-state index in [2.05, 4.69) is 11.6 Å². The van der Waals surface area contributed by atoms with Crippen LogP contribution in [0.4, 0.5) is 0 Å². The van der Waals surface area contributed by atoms with Crippen molar-refractivity contribution < 1.29 is 9.84 Å². The first-order valence-corrected chi connectivity index (χ1v) is 9.64. The Balaban J connectivity index is 1.59. The molecule has 2 rings (SSSR count). The van der Waals surface area contributed by atoms with Gasteiger partial charge < -0.3 is 15.2 Å². The molecule has 3 unspecified atom stereocenters. The van der Waals surface area contributed by atoms with Crippen molar-refractivity contribution in [3.8, 4) is 0 Å². The number of thioether (sulfide) groups is 1. The third-order valence-electron chi connectivity index (χ3n) is 4.70. The summed E-state index contributed by atoms with van der Waals surface area (Å²) in [4.78, 5) is 0. The van der Waals surface area contributed by atoms with Crippen molar-refractivity contribution in [1.82, 2.24) is 5.32 Å². The van der Waals surface area contributed by atoms with Crippen LogP contribution in [0.1, 0.15) is 57.8 Å². The number of hydrogen-bond donors (Lipinski definition) is 2. The lowest BCUT2D eigenvalue weighted by Crippen LogP contribution is -2.44. The summed E-state index contributed by atoms with van der Waals surface area (Å²) in [5, 5.41) is 14.4. The Kier molecular flexibility index (Phi) is 7.71. The van der Waals surface area contributed by atoms with E-state index in [1.165, 1.54) is 57.8 Å². The monoisotopic (exact) mass is 301 g/mol. The van der Waals surface area contributed by atoms with Crippen molar-refractivity contribution in [2.45, 2.75) is 81.3 Å². The average Bonchev–Trinajstić information content (AvgIpc) is 2.52. The number of aliphatic hydroxyl groups is 1. The molecule has 2 aliphatic carbocycles. The Morgan fingerprint density at radius 1 is 1.10 bits per heavy atom. The normalized spacial score (nSPS) is 30.3. The van der Waals surface area contributed by atoms with Gasteiger partial charge in [0.1, 0.15) is 0 Å². The second-order valence-electron chi connectivity index (χ2n) is 6.32. The molecule has 20 heavy (non-hydrogen) atoms. The lowest BCUT2D eigenvalue weighted by molar-refractivity contribution is -0.0238. The van der Waals surface area contributed by atoms with Crippen LogP contribution in [0.2, 0.25) is 0 Å². The second-order valence-corrected chi connectivity index (χ2v) is 7.40. The zero-order valence-electron chi connectivity index (χ0n) is 12.9. The highest BCUT2D eigenvalue weighted by Gasteiger charge is 2.24. The lowest BCUT2D eigenvalue weighted by atomic mass is 9.95. The first-order chi connectivity index (χ1) is 9.79. The molecular formula is C16H31NO2S. The highest BCUT2D eigenvalue weighted by molar-refractivity contribution is 7.99. The van der Waals surface area contributed by atoms with Gasteiger partial charge >= 0.3 is 0 Å². The molecule has 0 spiro atoms. The summed E-state index contributed by atoms with van der Waals surface area (Å²) in [6.07, 6.45) is 13.8. The fourth-order valence-corrected chi connectivity index (χ4v) is 4.40. The van der Waals surface area contributed by atoms with Crippen LogP contribution in [-0.4, -0.2) is 48.0 Å². The molecule has 0 saturated heterocycles. The van der Waals surface area contributed by atoms with Crippen LogP contribution in [-0.2, 0) is 4.74 Å². The van der Waals surface area contributed by atoms with Crippen LogP contribution < -0.4 is 5.32 Å². The molecule has 2 N–H and O–H groups in total. The molecule has 0 amide bonds. The first kappa shape index (κ1) is 16.6. The summed E-state index contributed by atoms with van der Waals surface area (Å²) in [7, 11) is 0. The molecule has 0 aliphatic heterocycles. The van der Waals surface area contributed by atoms with Gasteiger partial charge in [0.25, 0.3) is 0 Å². The summed E-state index contributed by atoms with van der Waals surface area (Å²) in [5.74, 6) is 0. The number of nitrogens with one attached hydrogen (secondary N) is 1. The van der Waals surface area contributed by atoms with E-state index in [0.29, 0.717) is 25.3 Å². The number of rotatable bonds is 7. The van der Waals surface area contributed by atoms with Crippen LogP contribution in [0.25, 0.3) is 0 Å². The summed E-state index contributed by atoms with van der Waals surface area (Å²) in [6.45, 7) is 1.17. The smallest absolute Gasteiger partial charge is 0.0897 e. The van der Waals surface area contributed by atoms with Gasteiger partial charge in [0.15, 0.2) is 0 Å². The van der Waals surface area contributed by atoms with E-state index >= 15 is 0 Å². The van der Waals surface area contributed by atoms with E-state index in [-0.39, 0.29) is 6.10 Å². The minimum absolute atomic E-state index is 0.360. The van der Waals surface area contributed by atoms with E-state index in [9.17, 15) is 5.11 Å². The molecule has 3 nitrogen and oxygen atoms in total. The summed E-state index contributed by atoms with van der Waals surface area (Å²) >= 11 is 1.97. The van der Waals surface area contributed by atoms with Crippen LogP contribution in [0.5, 0.6) is 0 Å². The molecule has 0 aromatic heterocycles. The molecule has 0 heterocycles. The van der Waals surface area contributed by atoms with Crippen molar-refractivity contribution in [3.05, 3.63) is 0 Å². The largest absolute Gasteiger partial charge is 0.389 e. The third kappa shape index (κ3) is 5.55. The third-order valence-corrected chi connectivity index (χ3v) is 5.87. The first-order valence-electron chi connectivity index (χ1n) is 8.35. The van der Waals surface area contributed by atoms with Gasteiger partial charge in [-0.25, -0.2) is 0 Å². The maximum absolute atomic E-state index is 10.1. The fourth-order valence-electron chi connectivity index (χ4n) is 3.44. The Bertz CT molecular complexity index is 259. The number of ether oxygens (including phenoxy) is 1. The van der Waals surface area contributed by atoms with E-state index in [0.717, 1.165) is 5.25 Å². The predicted octanol–water partition coefficient (Wildman–Crippen LogP) is 2.96. The minimum Gasteiger partial charge on any atom is -0.389 e. The summed E-state index contributed by atoms with van der Waals surface area (Å²) in [5.41, 5.74) is 0. The second kappa shape index (κ2) is 9.29. The van der Waals surface area contributed by atoms with Gasteiger partial charge in [0.05, 0.1) is 18.8 Å². The molecule has 4 heteroatoms. The molecule has 0 aromatic carbocycles. The Hall–Kier alpha value is 0.230. The number of hydrogen-bond acceptors (Lipinski definition) is 4. The highest BCUT2D eigenvalue weighted by atomic mass is 32.2. The van der Waals surface area contributed by atoms with Crippen molar-refractivity contribution in [2.24, 2.45) is 0 Å². The van der Waals surface area contributed by atoms with Crippen LogP contribution in [0.3, 0.4) is 0 Å². The van der Waals surface area contributed by atoms with Gasteiger partial charge in [-0.2, -0.15) is 11.8 Å². The SMILES string of the molecule is CSC1CCCCC1NCC(O)COC1CCCCC1. The highest BCUT2D eigenvalue weighted by Crippen LogP contribution is 2.27. The van der Waals surface area contributed by atoms with Gasteiger partial charge in [-0.1, -0.05) is 32.1 Å². The van der Waals surface area contributed by atoms with Gasteiger partial charge in [0, 0.05) is 17.8 Å². The number of aliphatic hydroxyl groups excluding tert-OH is 1. The fraction of sp³-hybridized carbons (Fsp3) is 1.00. The quantitative estimate of drug-likeness (QED) is 0.758. The molecule has 118 valence electrons. The average molecular weight is 301 g/mol. The molecule has 0 bridgehead atoms. The predicted molar refractivity (Wildman–Crippen MR) is 86.4 cm³/mol. The molecule has 2 aliphatic rings. The minimum atomic E-state index is -0.360. The molecule has 0 radical (unpaired) electrons. The van der Waals surface area contributed by atoms with Crippen molar-refractivity contribution in [2.75, 3.05) is 19.4 Å². The van der Waals surface area contributed by atoms with Gasteiger partial charge in [-0.15, -0.1) is 0 Å². The van der Waals surface area contributed by atoms with Crippen molar-refractivity contribution >= 4 is 11.8 Å². The van der Waals surface area contributed by atoms with Crippen LogP contribution >= 0.6 is 11.8 Å². The van der Waals surface area contributed by atoms with Gasteiger partial charge in [-0.3, -0.25) is 0 Å². The lowest BCUT2D eigenvalue weighted by Gasteiger charge is -2.32. The Labute approximate surface area is 128 Å². The zero-order valence-corrected chi connectivity index (χ0v) is 13.7. The van der Waals surface area contributed by atoms with Crippen molar-refractivity contribution in [3.63, 3.8) is 0 Å². The van der Waals surface area contributed by atoms with E-state index in [1.54, 1.807) is 0 Å². The molecule has 0 aromatic rings. The molecule has 2 fully saturated rings. The van der Waals surface area contributed by atoms with E-state index in [4.69, 9.17) is 4.74 Å². The standard InChI is InChI=1S/C16H31NO2S/c1-20-16-10-6-5-9-15(16)17-11-13(18)12-19-14-7-3-2-4-8-14/h13-18H,2-12H2,1H3. The van der Waals surface area contributed by atoms with Gasteiger partial charge in [0.2, 0.25) is 0 Å². The van der Waals surface area contributed by atoms with Crippen LogP contribution in [0.15, 0.2) is 0 Å². The van der Waals surface area contributed by atoms with Crippen LogP contribution in [0, 0.1) is 0 Å². The van der Waals surface area contributed by atoms with E-state index in [1.807, 2.05) is 11.8 Å². The molecular weight excluding hydrogens is 270 g/mol. The van der Waals surface area contributed by atoms with Crippen molar-refractivity contribution in [1.29, 1.82) is 0 Å². The summed E-state index contributed by atoms with van der Waals surface area (Å²) < 4.78 is 5.84. The summed E-state index contributed by atoms with van der Waals surface area (Å²) in [6, 6.07) is 0.572. The molecule has 2 saturated carbocycles. The Morgan fingerprint density at radius 3 is 2.55 bits per heavy atom. The topological polar surface area (TPSA) is 41.5 Å². The molecule has 3 atom stereocenters.